The van der Waals surface area contributed by atoms with E-state index in [-0.39, 0.29) is 12.4 Å². The van der Waals surface area contributed by atoms with Crippen molar-refractivity contribution < 1.29 is 23.1 Å². The number of nitrogens with zero attached hydrogens (tertiary/aromatic N) is 3. The third kappa shape index (κ3) is 6.73. The Kier molecular flexibility index (Phi) is 8.85. The van der Waals surface area contributed by atoms with Crippen molar-refractivity contribution in [1.29, 1.82) is 0 Å². The summed E-state index contributed by atoms with van der Waals surface area (Å²) < 4.78 is 34.7. The Morgan fingerprint density at radius 2 is 1.55 bits per heavy atom. The number of carbonyl (C=O) groups excluding carboxylic acids is 1. The SMILES string of the molecule is CCC(=O)c1ccc(OCC(O)CN2CCN(S(=O)(=O)N3CCCCCC3)CC2)cc1. The molecule has 2 saturated heterocycles. The average molecular weight is 454 g/mol. The molecule has 2 aliphatic rings. The van der Waals surface area contributed by atoms with Crippen molar-refractivity contribution in [3.05, 3.63) is 29.8 Å². The first kappa shape index (κ1) is 24.1. The van der Waals surface area contributed by atoms with Gasteiger partial charge in [-0.05, 0) is 37.1 Å². The number of carbonyl (C=O) groups is 1. The normalized spacial score (nSPS) is 20.8. The summed E-state index contributed by atoms with van der Waals surface area (Å²) in [6.07, 6.45) is 3.85. The van der Waals surface area contributed by atoms with Crippen LogP contribution in [0.3, 0.4) is 0 Å². The molecule has 1 unspecified atom stereocenters. The second kappa shape index (κ2) is 11.4. The van der Waals surface area contributed by atoms with Gasteiger partial charge in [-0.3, -0.25) is 9.69 Å². The molecule has 0 bridgehead atoms. The standard InChI is InChI=1S/C22H35N3O5S/c1-2-22(27)19-7-9-21(10-8-19)30-18-20(26)17-23-13-15-25(16-14-23)31(28,29)24-11-5-3-4-6-12-24/h7-10,20,26H,2-6,11-18H2,1H3. The van der Waals surface area contributed by atoms with E-state index < -0.39 is 16.3 Å². The van der Waals surface area contributed by atoms with Gasteiger partial charge in [-0.15, -0.1) is 0 Å². The van der Waals surface area contributed by atoms with Crippen LogP contribution < -0.4 is 4.74 Å². The number of ketones is 1. The largest absolute Gasteiger partial charge is 0.491 e. The molecule has 0 radical (unpaired) electrons. The molecule has 0 spiro atoms. The van der Waals surface area contributed by atoms with Crippen molar-refractivity contribution in [3.63, 3.8) is 0 Å². The first-order valence-electron chi connectivity index (χ1n) is 11.3. The highest BCUT2D eigenvalue weighted by Crippen LogP contribution is 2.18. The molecule has 0 aromatic heterocycles. The summed E-state index contributed by atoms with van der Waals surface area (Å²) in [5.41, 5.74) is 0.656. The van der Waals surface area contributed by atoms with Gasteiger partial charge in [0.25, 0.3) is 10.2 Å². The maximum Gasteiger partial charge on any atom is 0.282 e. The summed E-state index contributed by atoms with van der Waals surface area (Å²) in [4.78, 5) is 13.7. The van der Waals surface area contributed by atoms with E-state index in [1.807, 2.05) is 6.92 Å². The van der Waals surface area contributed by atoms with E-state index >= 15 is 0 Å². The summed E-state index contributed by atoms with van der Waals surface area (Å²) in [6, 6.07) is 6.94. The molecule has 2 heterocycles. The predicted molar refractivity (Wildman–Crippen MR) is 120 cm³/mol. The fourth-order valence-electron chi connectivity index (χ4n) is 4.06. The molecular weight excluding hydrogens is 418 g/mol. The lowest BCUT2D eigenvalue weighted by Gasteiger charge is -2.37. The van der Waals surface area contributed by atoms with Crippen molar-refractivity contribution in [3.8, 4) is 5.75 Å². The first-order valence-corrected chi connectivity index (χ1v) is 12.7. The molecule has 1 N–H and O–H groups in total. The molecule has 1 aromatic rings. The monoisotopic (exact) mass is 453 g/mol. The summed E-state index contributed by atoms with van der Waals surface area (Å²) in [6.45, 7) is 5.72. The van der Waals surface area contributed by atoms with Gasteiger partial charge in [0.2, 0.25) is 0 Å². The van der Waals surface area contributed by atoms with Gasteiger partial charge in [0.15, 0.2) is 5.78 Å². The third-order valence-corrected chi connectivity index (χ3v) is 7.99. The molecular formula is C22H35N3O5S. The molecule has 3 rings (SSSR count). The zero-order valence-electron chi connectivity index (χ0n) is 18.4. The lowest BCUT2D eigenvalue weighted by atomic mass is 10.1. The minimum absolute atomic E-state index is 0.0867. The highest BCUT2D eigenvalue weighted by Gasteiger charge is 2.32. The Morgan fingerprint density at radius 3 is 2.13 bits per heavy atom. The highest BCUT2D eigenvalue weighted by molar-refractivity contribution is 7.86. The average Bonchev–Trinajstić information content (AvgIpc) is 3.08. The zero-order valence-corrected chi connectivity index (χ0v) is 19.2. The maximum atomic E-state index is 12.9. The van der Waals surface area contributed by atoms with Crippen LogP contribution in [-0.2, 0) is 10.2 Å². The van der Waals surface area contributed by atoms with Gasteiger partial charge < -0.3 is 9.84 Å². The number of benzene rings is 1. The van der Waals surface area contributed by atoms with Crippen LogP contribution in [0.5, 0.6) is 5.75 Å². The van der Waals surface area contributed by atoms with Crippen LogP contribution >= 0.6 is 0 Å². The van der Waals surface area contributed by atoms with Gasteiger partial charge in [0.05, 0.1) is 0 Å². The summed E-state index contributed by atoms with van der Waals surface area (Å²) >= 11 is 0. The molecule has 2 fully saturated rings. The highest BCUT2D eigenvalue weighted by atomic mass is 32.2. The smallest absolute Gasteiger partial charge is 0.282 e. The second-order valence-electron chi connectivity index (χ2n) is 8.29. The number of aliphatic hydroxyl groups is 1. The molecule has 0 aliphatic carbocycles. The Balaban J connectivity index is 1.41. The van der Waals surface area contributed by atoms with Crippen LogP contribution in [0, 0.1) is 0 Å². The van der Waals surface area contributed by atoms with Crippen molar-refractivity contribution in [2.24, 2.45) is 0 Å². The van der Waals surface area contributed by atoms with Crippen molar-refractivity contribution in [2.45, 2.75) is 45.1 Å². The van der Waals surface area contributed by atoms with Gasteiger partial charge in [-0.2, -0.15) is 17.0 Å². The molecule has 174 valence electrons. The van der Waals surface area contributed by atoms with Crippen molar-refractivity contribution in [1.82, 2.24) is 13.5 Å². The molecule has 8 nitrogen and oxygen atoms in total. The second-order valence-corrected chi connectivity index (χ2v) is 10.2. The van der Waals surface area contributed by atoms with Gasteiger partial charge in [0, 0.05) is 57.8 Å². The van der Waals surface area contributed by atoms with E-state index in [9.17, 15) is 18.3 Å². The van der Waals surface area contributed by atoms with Gasteiger partial charge >= 0.3 is 0 Å². The van der Waals surface area contributed by atoms with Gasteiger partial charge in [0.1, 0.15) is 18.5 Å². The number of β-amino-alcohol motifs (C(OH)–C–C–N with tert-alkyl or cyclic N) is 1. The number of hydrogen-bond donors (Lipinski definition) is 1. The van der Waals surface area contributed by atoms with E-state index in [1.165, 1.54) is 0 Å². The molecule has 1 aromatic carbocycles. The first-order chi connectivity index (χ1) is 14.9. The number of rotatable bonds is 9. The number of Topliss-reactive ketones (excluding diaryl/α,β-unsaturated/α-hetero) is 1. The number of hydrogen-bond acceptors (Lipinski definition) is 6. The van der Waals surface area contributed by atoms with Crippen LogP contribution in [0.15, 0.2) is 24.3 Å². The Labute approximate surface area is 186 Å². The molecule has 0 saturated carbocycles. The van der Waals surface area contributed by atoms with Crippen LogP contribution in [0.1, 0.15) is 49.4 Å². The lowest BCUT2D eigenvalue weighted by Crippen LogP contribution is -2.54. The van der Waals surface area contributed by atoms with E-state index in [0.29, 0.717) is 63.5 Å². The minimum atomic E-state index is -3.39. The zero-order chi connectivity index (χ0) is 22.3. The molecule has 9 heteroatoms. The van der Waals surface area contributed by atoms with Crippen LogP contribution in [0.25, 0.3) is 0 Å². The number of ether oxygens (including phenoxy) is 1. The van der Waals surface area contributed by atoms with Gasteiger partial charge in [-0.25, -0.2) is 0 Å². The lowest BCUT2D eigenvalue weighted by molar-refractivity contribution is 0.0562. The van der Waals surface area contributed by atoms with E-state index in [0.717, 1.165) is 25.7 Å². The Bertz CT molecular complexity index is 799. The molecule has 1 atom stereocenters. The summed E-state index contributed by atoms with van der Waals surface area (Å²) in [7, 11) is -3.39. The predicted octanol–water partition coefficient (Wildman–Crippen LogP) is 1.76. The maximum absolute atomic E-state index is 12.9. The number of piperazine rings is 1. The fraction of sp³-hybridized carbons (Fsp3) is 0.682. The van der Waals surface area contributed by atoms with E-state index in [2.05, 4.69) is 4.90 Å². The number of aliphatic hydroxyl groups excluding tert-OH is 1. The van der Waals surface area contributed by atoms with Crippen LogP contribution in [0.2, 0.25) is 0 Å². The molecule has 31 heavy (non-hydrogen) atoms. The summed E-state index contributed by atoms with van der Waals surface area (Å²) in [5, 5.41) is 10.3. The third-order valence-electron chi connectivity index (χ3n) is 5.96. The van der Waals surface area contributed by atoms with Crippen LogP contribution in [-0.4, -0.2) is 91.3 Å². The Morgan fingerprint density at radius 1 is 0.968 bits per heavy atom. The van der Waals surface area contributed by atoms with E-state index in [1.54, 1.807) is 32.9 Å². The Hall–Kier alpha value is -1.52. The fourth-order valence-corrected chi connectivity index (χ4v) is 5.73. The summed E-state index contributed by atoms with van der Waals surface area (Å²) in [5.74, 6) is 0.698. The minimum Gasteiger partial charge on any atom is -0.491 e. The quantitative estimate of drug-likeness (QED) is 0.573. The van der Waals surface area contributed by atoms with Gasteiger partial charge in [-0.1, -0.05) is 19.8 Å². The molecule has 0 amide bonds. The van der Waals surface area contributed by atoms with E-state index in [4.69, 9.17) is 4.74 Å². The topological polar surface area (TPSA) is 90.4 Å². The van der Waals surface area contributed by atoms with Crippen molar-refractivity contribution in [2.75, 3.05) is 52.4 Å². The molecule has 2 aliphatic heterocycles. The van der Waals surface area contributed by atoms with Crippen LogP contribution in [0.4, 0.5) is 0 Å². The van der Waals surface area contributed by atoms with Crippen molar-refractivity contribution >= 4 is 16.0 Å².